The van der Waals surface area contributed by atoms with Crippen LogP contribution in [0.25, 0.3) is 0 Å². The molecule has 0 bridgehead atoms. The van der Waals surface area contributed by atoms with Crippen LogP contribution in [0.4, 0.5) is 0 Å². The lowest BCUT2D eigenvalue weighted by Gasteiger charge is -2.18. The van der Waals surface area contributed by atoms with Gasteiger partial charge in [0.05, 0.1) is 5.92 Å². The van der Waals surface area contributed by atoms with Gasteiger partial charge >= 0.3 is 0 Å². The molecule has 0 aliphatic carbocycles. The molecule has 1 fully saturated rings. The Morgan fingerprint density at radius 3 is 3.00 bits per heavy atom. The van der Waals surface area contributed by atoms with Crippen LogP contribution in [0.3, 0.4) is 0 Å². The summed E-state index contributed by atoms with van der Waals surface area (Å²) < 4.78 is 0. The lowest BCUT2D eigenvalue weighted by molar-refractivity contribution is -0.121. The molecule has 2 aliphatic rings. The van der Waals surface area contributed by atoms with Gasteiger partial charge in [-0.25, -0.2) is 5.43 Å². The van der Waals surface area contributed by atoms with Gasteiger partial charge in [-0.15, -0.1) is 0 Å². The van der Waals surface area contributed by atoms with Gasteiger partial charge in [0, 0.05) is 5.71 Å². The Morgan fingerprint density at radius 2 is 2.25 bits per heavy atom. The van der Waals surface area contributed by atoms with E-state index in [-0.39, 0.29) is 18.0 Å². The highest BCUT2D eigenvalue weighted by Gasteiger charge is 2.37. The second-order valence-corrected chi connectivity index (χ2v) is 3.21. The summed E-state index contributed by atoms with van der Waals surface area (Å²) >= 11 is 0. The van der Waals surface area contributed by atoms with Crippen molar-refractivity contribution in [1.82, 2.24) is 10.9 Å². The fourth-order valence-electron chi connectivity index (χ4n) is 1.69. The van der Waals surface area contributed by atoms with Crippen LogP contribution < -0.4 is 10.9 Å². The average molecular weight is 165 g/mol. The molecular weight excluding hydrogens is 154 g/mol. The Hall–Kier alpha value is -1.16. The van der Waals surface area contributed by atoms with Crippen LogP contribution in [-0.4, -0.2) is 17.8 Å². The van der Waals surface area contributed by atoms with E-state index in [1.807, 2.05) is 19.9 Å². The predicted molar refractivity (Wildman–Crippen MR) is 45.4 cm³/mol. The number of rotatable bonds is 0. The van der Waals surface area contributed by atoms with E-state index < -0.39 is 0 Å². The van der Waals surface area contributed by atoms with Gasteiger partial charge in [0.1, 0.15) is 6.17 Å². The third-order valence-electron chi connectivity index (χ3n) is 2.21. The Balaban J connectivity index is 2.36. The molecule has 0 aromatic rings. The minimum atomic E-state index is -0.103. The first-order valence-electron chi connectivity index (χ1n) is 3.96. The molecule has 0 aromatic heterocycles. The molecule has 64 valence electrons. The molecule has 4 heteroatoms. The smallest absolute Gasteiger partial charge is 0.244 e. The van der Waals surface area contributed by atoms with Crippen molar-refractivity contribution in [3.05, 3.63) is 11.6 Å². The summed E-state index contributed by atoms with van der Waals surface area (Å²) in [7, 11) is 0. The predicted octanol–water partition coefficient (Wildman–Crippen LogP) is -0.0161. The van der Waals surface area contributed by atoms with Crippen molar-refractivity contribution in [2.45, 2.75) is 20.0 Å². The van der Waals surface area contributed by atoms with Crippen molar-refractivity contribution in [3.63, 3.8) is 0 Å². The van der Waals surface area contributed by atoms with Crippen LogP contribution in [0.1, 0.15) is 13.8 Å². The summed E-state index contributed by atoms with van der Waals surface area (Å²) in [6.45, 7) is 3.90. The third-order valence-corrected chi connectivity index (χ3v) is 2.21. The molecule has 12 heavy (non-hydrogen) atoms. The maximum Gasteiger partial charge on any atom is 0.244 e. The average Bonchev–Trinajstić information content (AvgIpc) is 2.31. The summed E-state index contributed by atoms with van der Waals surface area (Å²) in [6.07, 6.45) is 1.86. The van der Waals surface area contributed by atoms with Crippen LogP contribution in [-0.2, 0) is 4.79 Å². The number of aliphatic imine (C=N–C) groups is 1. The minimum Gasteiger partial charge on any atom is -0.289 e. The maximum absolute atomic E-state index is 11.2. The first kappa shape index (κ1) is 7.49. The molecule has 0 spiro atoms. The van der Waals surface area contributed by atoms with Crippen molar-refractivity contribution in [3.8, 4) is 0 Å². The lowest BCUT2D eigenvalue weighted by atomic mass is 9.94. The molecule has 1 amide bonds. The summed E-state index contributed by atoms with van der Waals surface area (Å²) in [5.74, 6) is -0.0845. The topological polar surface area (TPSA) is 53.5 Å². The quantitative estimate of drug-likeness (QED) is 0.530. The van der Waals surface area contributed by atoms with E-state index in [1.165, 1.54) is 0 Å². The molecule has 2 heterocycles. The highest BCUT2D eigenvalue weighted by atomic mass is 16.2. The highest BCUT2D eigenvalue weighted by Crippen LogP contribution is 2.23. The van der Waals surface area contributed by atoms with Crippen molar-refractivity contribution in [1.29, 1.82) is 0 Å². The Labute approximate surface area is 70.7 Å². The van der Waals surface area contributed by atoms with Crippen molar-refractivity contribution >= 4 is 11.6 Å². The Morgan fingerprint density at radius 1 is 1.50 bits per heavy atom. The van der Waals surface area contributed by atoms with Crippen molar-refractivity contribution < 1.29 is 4.79 Å². The summed E-state index contributed by atoms with van der Waals surface area (Å²) in [4.78, 5) is 15.5. The molecule has 2 aliphatic heterocycles. The number of fused-ring (bicyclic) bond motifs is 1. The summed E-state index contributed by atoms with van der Waals surface area (Å²) in [6, 6.07) is 0. The number of carbonyl (C=O) groups excluding carboxylic acids is 1. The Kier molecular flexibility index (Phi) is 1.51. The van der Waals surface area contributed by atoms with Crippen molar-refractivity contribution in [2.24, 2.45) is 10.9 Å². The van der Waals surface area contributed by atoms with Gasteiger partial charge in [-0.3, -0.25) is 15.2 Å². The first-order chi connectivity index (χ1) is 5.68. The van der Waals surface area contributed by atoms with Crippen LogP contribution in [0.5, 0.6) is 0 Å². The molecule has 2 N–H and O–H groups in total. The number of nitrogens with one attached hydrogen (secondary N) is 2. The van der Waals surface area contributed by atoms with E-state index in [4.69, 9.17) is 0 Å². The van der Waals surface area contributed by atoms with Crippen LogP contribution in [0.2, 0.25) is 0 Å². The molecule has 0 radical (unpaired) electrons. The molecule has 4 nitrogen and oxygen atoms in total. The van der Waals surface area contributed by atoms with E-state index in [1.54, 1.807) is 0 Å². The van der Waals surface area contributed by atoms with Gasteiger partial charge in [-0.1, -0.05) is 5.57 Å². The highest BCUT2D eigenvalue weighted by molar-refractivity contribution is 5.97. The second kappa shape index (κ2) is 2.42. The normalized spacial score (nSPS) is 33.7. The number of hydrazine groups is 1. The minimum absolute atomic E-state index is 0.0185. The van der Waals surface area contributed by atoms with E-state index in [0.29, 0.717) is 0 Å². The van der Waals surface area contributed by atoms with Crippen molar-refractivity contribution in [2.75, 3.05) is 0 Å². The SMILES string of the molecule is CC1=CC(C)=N[C@@H]2NNC(=O)[C@@H]12. The number of nitrogens with zero attached hydrogens (tertiary/aromatic N) is 1. The molecule has 0 unspecified atom stereocenters. The fourth-order valence-corrected chi connectivity index (χ4v) is 1.69. The zero-order valence-electron chi connectivity index (χ0n) is 7.09. The van der Waals surface area contributed by atoms with Gasteiger partial charge in [-0.2, -0.15) is 0 Å². The summed E-state index contributed by atoms with van der Waals surface area (Å²) in [5.41, 5.74) is 7.47. The van der Waals surface area contributed by atoms with E-state index >= 15 is 0 Å². The lowest BCUT2D eigenvalue weighted by Crippen LogP contribution is -2.32. The molecule has 1 saturated heterocycles. The molecule has 0 aromatic carbocycles. The van der Waals surface area contributed by atoms with Crippen LogP contribution in [0, 0.1) is 5.92 Å². The van der Waals surface area contributed by atoms with Gasteiger partial charge in [0.15, 0.2) is 0 Å². The molecule has 0 saturated carbocycles. The Bertz CT molecular complexity index is 293. The first-order valence-corrected chi connectivity index (χ1v) is 3.96. The van der Waals surface area contributed by atoms with Crippen LogP contribution in [0.15, 0.2) is 16.6 Å². The van der Waals surface area contributed by atoms with E-state index in [2.05, 4.69) is 15.8 Å². The van der Waals surface area contributed by atoms with Gasteiger partial charge < -0.3 is 0 Å². The summed E-state index contributed by atoms with van der Waals surface area (Å²) in [5, 5.41) is 0. The zero-order valence-corrected chi connectivity index (χ0v) is 7.09. The largest absolute Gasteiger partial charge is 0.289 e. The number of hydrogen-bond acceptors (Lipinski definition) is 3. The monoisotopic (exact) mass is 165 g/mol. The third kappa shape index (κ3) is 0.956. The van der Waals surface area contributed by atoms with Gasteiger partial charge in [0.25, 0.3) is 0 Å². The van der Waals surface area contributed by atoms with Gasteiger partial charge in [-0.05, 0) is 19.9 Å². The second-order valence-electron chi connectivity index (χ2n) is 3.21. The number of dihydropyridines is 1. The zero-order chi connectivity index (χ0) is 8.72. The molecule has 2 atom stereocenters. The number of amides is 1. The molecular formula is C8H11N3O. The number of hydrogen-bond donors (Lipinski definition) is 2. The van der Waals surface area contributed by atoms with Gasteiger partial charge in [0.2, 0.25) is 5.91 Å². The fraction of sp³-hybridized carbons (Fsp3) is 0.500. The number of allylic oxidation sites excluding steroid dienone is 1. The maximum atomic E-state index is 11.2. The number of carbonyl (C=O) groups is 1. The standard InChI is InChI=1S/C8H11N3O/c1-4-3-5(2)9-7-6(4)8(12)11-10-7/h3,6-7,10H,1-2H3,(H,11,12)/t6-,7+/m0/s1. The molecule has 2 rings (SSSR count). The van der Waals surface area contributed by atoms with Crippen LogP contribution >= 0.6 is 0 Å². The van der Waals surface area contributed by atoms with E-state index in [0.717, 1.165) is 11.3 Å². The van der Waals surface area contributed by atoms with E-state index in [9.17, 15) is 4.79 Å².